The molecule has 0 aliphatic rings. The van der Waals surface area contributed by atoms with Gasteiger partial charge in [-0.3, -0.25) is 0 Å². The van der Waals surface area contributed by atoms with E-state index in [1.807, 2.05) is 0 Å². The number of methoxy groups -OCH3 is 1. The van der Waals surface area contributed by atoms with E-state index >= 15 is 0 Å². The Labute approximate surface area is 166 Å². The van der Waals surface area contributed by atoms with Crippen LogP contribution in [0.5, 0.6) is 5.75 Å². The second kappa shape index (κ2) is 7.78. The van der Waals surface area contributed by atoms with Crippen molar-refractivity contribution in [3.8, 4) is 17.0 Å². The topological polar surface area (TPSA) is 73.2 Å². The summed E-state index contributed by atoms with van der Waals surface area (Å²) in [6, 6.07) is 13.6. The van der Waals surface area contributed by atoms with Crippen molar-refractivity contribution in [2.45, 2.75) is 24.4 Å². The standard InChI is InChI=1S/C19H18F3N3O3S/c1-3-16-17(13-9-11-14(28-2)12-10-13)25(23-18(16)19(20,21)22)24-29(26,27)15-7-5-4-6-8-15/h4-12,24H,3H2,1-2H3. The summed E-state index contributed by atoms with van der Waals surface area (Å²) < 4.78 is 71.1. The summed E-state index contributed by atoms with van der Waals surface area (Å²) in [5.41, 5.74) is -0.872. The number of ether oxygens (including phenoxy) is 1. The molecule has 0 atom stereocenters. The number of aromatic nitrogens is 2. The molecule has 0 saturated carbocycles. The molecule has 6 nitrogen and oxygen atoms in total. The molecule has 0 unspecified atom stereocenters. The molecule has 29 heavy (non-hydrogen) atoms. The van der Waals surface area contributed by atoms with Gasteiger partial charge in [0, 0.05) is 11.1 Å². The van der Waals surface area contributed by atoms with Gasteiger partial charge in [0.15, 0.2) is 5.69 Å². The molecule has 0 spiro atoms. The second-order valence-electron chi connectivity index (χ2n) is 6.08. The summed E-state index contributed by atoms with van der Waals surface area (Å²) in [5, 5.41) is 3.55. The molecule has 1 aromatic heterocycles. The fraction of sp³-hybridized carbons (Fsp3) is 0.211. The molecule has 0 amide bonds. The third-order valence-electron chi connectivity index (χ3n) is 4.23. The molecule has 3 aromatic rings. The summed E-state index contributed by atoms with van der Waals surface area (Å²) in [6.45, 7) is 1.55. The number of nitrogens with one attached hydrogen (secondary N) is 1. The summed E-state index contributed by atoms with van der Waals surface area (Å²) in [4.78, 5) is 2.72. The number of hydrogen-bond donors (Lipinski definition) is 1. The fourth-order valence-electron chi connectivity index (χ4n) is 2.89. The van der Waals surface area contributed by atoms with Crippen LogP contribution in [0.1, 0.15) is 18.2 Å². The molecule has 0 aliphatic carbocycles. The van der Waals surface area contributed by atoms with Crippen LogP contribution in [-0.2, 0) is 22.6 Å². The van der Waals surface area contributed by atoms with E-state index in [0.717, 1.165) is 0 Å². The predicted molar refractivity (Wildman–Crippen MR) is 102 cm³/mol. The third-order valence-corrected chi connectivity index (χ3v) is 5.54. The normalized spacial score (nSPS) is 12.0. The van der Waals surface area contributed by atoms with E-state index in [1.54, 1.807) is 37.3 Å². The van der Waals surface area contributed by atoms with Gasteiger partial charge in [0.25, 0.3) is 10.0 Å². The first-order valence-electron chi connectivity index (χ1n) is 8.58. The van der Waals surface area contributed by atoms with E-state index < -0.39 is 21.9 Å². The molecule has 10 heteroatoms. The molecule has 3 rings (SSSR count). The van der Waals surface area contributed by atoms with Crippen molar-refractivity contribution in [1.29, 1.82) is 0 Å². The SMILES string of the molecule is CCc1c(C(F)(F)F)nn(NS(=O)(=O)c2ccccc2)c1-c1ccc(OC)cc1. The van der Waals surface area contributed by atoms with Gasteiger partial charge in [-0.25, -0.2) is 0 Å². The fourth-order valence-corrected chi connectivity index (χ4v) is 3.87. The highest BCUT2D eigenvalue weighted by molar-refractivity contribution is 7.92. The van der Waals surface area contributed by atoms with Crippen molar-refractivity contribution in [3.05, 3.63) is 65.9 Å². The number of hydrogen-bond acceptors (Lipinski definition) is 4. The van der Waals surface area contributed by atoms with Gasteiger partial charge in [0.05, 0.1) is 17.7 Å². The molecule has 0 saturated heterocycles. The van der Waals surface area contributed by atoms with Gasteiger partial charge >= 0.3 is 6.18 Å². The highest BCUT2D eigenvalue weighted by Gasteiger charge is 2.39. The zero-order valence-corrected chi connectivity index (χ0v) is 16.4. The number of alkyl halides is 3. The Hall–Kier alpha value is -3.01. The quantitative estimate of drug-likeness (QED) is 0.646. The molecule has 0 bridgehead atoms. The lowest BCUT2D eigenvalue weighted by Crippen LogP contribution is -2.25. The van der Waals surface area contributed by atoms with E-state index in [-0.39, 0.29) is 22.6 Å². The van der Waals surface area contributed by atoms with Gasteiger partial charge in [0.2, 0.25) is 0 Å². The minimum Gasteiger partial charge on any atom is -0.497 e. The first kappa shape index (κ1) is 20.7. The molecule has 1 heterocycles. The Balaban J connectivity index is 2.18. The zero-order chi connectivity index (χ0) is 21.2. The van der Waals surface area contributed by atoms with Crippen LogP contribution in [0.15, 0.2) is 59.5 Å². The summed E-state index contributed by atoms with van der Waals surface area (Å²) in [5.74, 6) is 0.513. The molecule has 0 fully saturated rings. The van der Waals surface area contributed by atoms with E-state index in [0.29, 0.717) is 16.1 Å². The van der Waals surface area contributed by atoms with Gasteiger partial charge in [-0.05, 0) is 42.8 Å². The highest BCUT2D eigenvalue weighted by Crippen LogP contribution is 2.37. The maximum absolute atomic E-state index is 13.5. The highest BCUT2D eigenvalue weighted by atomic mass is 32.2. The van der Waals surface area contributed by atoms with Gasteiger partial charge in [0.1, 0.15) is 5.75 Å². The van der Waals surface area contributed by atoms with Crippen molar-refractivity contribution >= 4 is 10.0 Å². The predicted octanol–water partition coefficient (Wildman–Crippen LogP) is 4.07. The molecule has 0 aliphatic heterocycles. The maximum Gasteiger partial charge on any atom is 0.435 e. The number of sulfonamides is 1. The average Bonchev–Trinajstić information content (AvgIpc) is 3.06. The molecule has 2 aromatic carbocycles. The Kier molecular flexibility index (Phi) is 5.56. The van der Waals surface area contributed by atoms with Gasteiger partial charge in [-0.1, -0.05) is 25.1 Å². The van der Waals surface area contributed by atoms with Gasteiger partial charge in [-0.15, -0.1) is 5.10 Å². The largest absolute Gasteiger partial charge is 0.497 e. The molecule has 154 valence electrons. The Morgan fingerprint density at radius 3 is 2.21 bits per heavy atom. The van der Waals surface area contributed by atoms with Crippen LogP contribution in [-0.4, -0.2) is 25.4 Å². The van der Waals surface area contributed by atoms with Crippen LogP contribution >= 0.6 is 0 Å². The molecule has 0 radical (unpaired) electrons. The Bertz CT molecular complexity index is 1090. The number of rotatable bonds is 6. The first-order chi connectivity index (χ1) is 13.7. The summed E-state index contributed by atoms with van der Waals surface area (Å²) >= 11 is 0. The maximum atomic E-state index is 13.5. The second-order valence-corrected chi connectivity index (χ2v) is 7.74. The van der Waals surface area contributed by atoms with Crippen molar-refractivity contribution < 1.29 is 26.3 Å². The van der Waals surface area contributed by atoms with E-state index in [1.165, 1.54) is 31.4 Å². The molecular formula is C19H18F3N3O3S. The summed E-state index contributed by atoms with van der Waals surface area (Å²) in [6.07, 6.45) is -4.74. The van der Waals surface area contributed by atoms with Crippen molar-refractivity contribution in [1.82, 2.24) is 9.89 Å². The number of halogens is 3. The van der Waals surface area contributed by atoms with Crippen LogP contribution in [0, 0.1) is 0 Å². The summed E-state index contributed by atoms with van der Waals surface area (Å²) in [7, 11) is -2.69. The number of nitrogens with zero attached hydrogens (tertiary/aromatic N) is 2. The third kappa shape index (κ3) is 4.21. The van der Waals surface area contributed by atoms with Crippen LogP contribution in [0.2, 0.25) is 0 Å². The van der Waals surface area contributed by atoms with Gasteiger partial charge in [-0.2, -0.15) is 31.2 Å². The zero-order valence-electron chi connectivity index (χ0n) is 15.6. The molecule has 1 N–H and O–H groups in total. The lowest BCUT2D eigenvalue weighted by molar-refractivity contribution is -0.142. The number of benzene rings is 2. The monoisotopic (exact) mass is 425 g/mol. The minimum atomic E-state index is -4.74. The van der Waals surface area contributed by atoms with E-state index in [2.05, 4.69) is 9.93 Å². The van der Waals surface area contributed by atoms with Crippen LogP contribution in [0.4, 0.5) is 13.2 Å². The van der Waals surface area contributed by atoms with Crippen molar-refractivity contribution in [2.75, 3.05) is 11.9 Å². The van der Waals surface area contributed by atoms with Crippen LogP contribution in [0.3, 0.4) is 0 Å². The smallest absolute Gasteiger partial charge is 0.435 e. The first-order valence-corrected chi connectivity index (χ1v) is 10.1. The lowest BCUT2D eigenvalue weighted by atomic mass is 10.0. The van der Waals surface area contributed by atoms with Crippen molar-refractivity contribution in [3.63, 3.8) is 0 Å². The lowest BCUT2D eigenvalue weighted by Gasteiger charge is -2.12. The van der Waals surface area contributed by atoms with E-state index in [4.69, 9.17) is 4.74 Å². The molecular weight excluding hydrogens is 407 g/mol. The van der Waals surface area contributed by atoms with Crippen molar-refractivity contribution in [2.24, 2.45) is 0 Å². The van der Waals surface area contributed by atoms with E-state index in [9.17, 15) is 21.6 Å². The van der Waals surface area contributed by atoms with Crippen LogP contribution < -0.4 is 9.57 Å². The van der Waals surface area contributed by atoms with Crippen LogP contribution in [0.25, 0.3) is 11.3 Å². The van der Waals surface area contributed by atoms with Gasteiger partial charge < -0.3 is 4.74 Å². The average molecular weight is 425 g/mol. The minimum absolute atomic E-state index is 0.00324. The Morgan fingerprint density at radius 2 is 1.69 bits per heavy atom. The Morgan fingerprint density at radius 1 is 1.07 bits per heavy atom.